The number of carbonyl (C=O) groups excluding carboxylic acids is 1. The monoisotopic (exact) mass is 492 g/mol. The molecule has 10 heteroatoms. The number of ether oxygens (including phenoxy) is 1. The van der Waals surface area contributed by atoms with Gasteiger partial charge in [0.2, 0.25) is 0 Å². The second kappa shape index (κ2) is 11.6. The third-order valence-corrected chi connectivity index (χ3v) is 5.66. The minimum atomic E-state index is -0.203. The van der Waals surface area contributed by atoms with Crippen molar-refractivity contribution in [2.75, 3.05) is 26.0 Å². The molecule has 4 rings (SSSR count). The molecule has 0 unspecified atom stereocenters. The van der Waals surface area contributed by atoms with Crippen LogP contribution in [0, 0.1) is 0 Å². The van der Waals surface area contributed by atoms with E-state index in [2.05, 4.69) is 37.5 Å². The first-order valence-corrected chi connectivity index (χ1v) is 10.9. The van der Waals surface area contributed by atoms with Crippen molar-refractivity contribution in [1.82, 2.24) is 25.3 Å². The molecular formula is C25H28N6O3S. The highest BCUT2D eigenvalue weighted by Gasteiger charge is 2.15. The van der Waals surface area contributed by atoms with E-state index in [0.29, 0.717) is 35.1 Å². The van der Waals surface area contributed by atoms with Crippen molar-refractivity contribution in [2.24, 2.45) is 0 Å². The minimum Gasteiger partial charge on any atom is -0.495 e. The standard InChI is InChI=1S/C25H26N6O3.H2S/c1-15(17-5-4-6-18-19(25(33)26-2)7-8-27-24(17)18)11-29-23-10-20(30-14-31-23)16-9-22(34-3)21(13-32)28-12-16;/h4-10,12,14-15,32H,11,13H2,1-3H3,(H,26,33)(H,29,30,31);1H2/t15-;/m1./s1. The second-order valence-electron chi connectivity index (χ2n) is 7.78. The van der Waals surface area contributed by atoms with E-state index in [9.17, 15) is 9.90 Å². The van der Waals surface area contributed by atoms with Gasteiger partial charge in [0.05, 0.1) is 30.5 Å². The van der Waals surface area contributed by atoms with Crippen LogP contribution in [0.5, 0.6) is 5.75 Å². The summed E-state index contributed by atoms with van der Waals surface area (Å²) in [7, 11) is 3.15. The second-order valence-corrected chi connectivity index (χ2v) is 7.78. The molecule has 0 aliphatic heterocycles. The summed E-state index contributed by atoms with van der Waals surface area (Å²) in [5.74, 6) is 1.13. The number of para-hydroxylation sites is 1. The van der Waals surface area contributed by atoms with Crippen LogP contribution in [0.4, 0.5) is 5.82 Å². The lowest BCUT2D eigenvalue weighted by Gasteiger charge is -2.16. The van der Waals surface area contributed by atoms with Crippen LogP contribution in [0.15, 0.2) is 55.1 Å². The Labute approximate surface area is 210 Å². The Morgan fingerprint density at radius 1 is 1.14 bits per heavy atom. The van der Waals surface area contributed by atoms with Crippen LogP contribution in [-0.2, 0) is 6.61 Å². The number of pyridine rings is 2. The van der Waals surface area contributed by atoms with E-state index in [0.717, 1.165) is 22.0 Å². The van der Waals surface area contributed by atoms with Crippen LogP contribution < -0.4 is 15.4 Å². The van der Waals surface area contributed by atoms with Crippen molar-refractivity contribution in [3.8, 4) is 17.0 Å². The van der Waals surface area contributed by atoms with Crippen molar-refractivity contribution in [3.05, 3.63) is 71.9 Å². The number of aliphatic hydroxyl groups excluding tert-OH is 1. The first-order chi connectivity index (χ1) is 16.5. The number of methoxy groups -OCH3 is 1. The Morgan fingerprint density at radius 2 is 1.97 bits per heavy atom. The number of benzene rings is 1. The summed E-state index contributed by atoms with van der Waals surface area (Å²) in [4.78, 5) is 29.7. The normalized spacial score (nSPS) is 11.4. The number of rotatable bonds is 8. The third kappa shape index (κ3) is 5.50. The van der Waals surface area contributed by atoms with Gasteiger partial charge in [-0.3, -0.25) is 14.8 Å². The van der Waals surface area contributed by atoms with Crippen molar-refractivity contribution in [2.45, 2.75) is 19.4 Å². The molecule has 1 atom stereocenters. The molecule has 3 heterocycles. The molecule has 3 N–H and O–H groups in total. The number of amides is 1. The molecule has 0 fully saturated rings. The summed E-state index contributed by atoms with van der Waals surface area (Å²) < 4.78 is 5.31. The van der Waals surface area contributed by atoms with Gasteiger partial charge >= 0.3 is 0 Å². The Bertz CT molecular complexity index is 1330. The quantitative estimate of drug-likeness (QED) is 0.343. The van der Waals surface area contributed by atoms with Gasteiger partial charge in [0.15, 0.2) is 0 Å². The molecule has 0 saturated carbocycles. The zero-order valence-electron chi connectivity index (χ0n) is 19.7. The van der Waals surface area contributed by atoms with E-state index in [1.165, 1.54) is 13.4 Å². The number of carbonyl (C=O) groups is 1. The number of nitrogens with one attached hydrogen (secondary N) is 2. The zero-order chi connectivity index (χ0) is 24.1. The van der Waals surface area contributed by atoms with E-state index in [-0.39, 0.29) is 31.9 Å². The lowest BCUT2D eigenvalue weighted by atomic mass is 9.96. The summed E-state index contributed by atoms with van der Waals surface area (Å²) in [5, 5.41) is 16.3. The Kier molecular flexibility index (Phi) is 8.56. The first kappa shape index (κ1) is 25.9. The molecule has 182 valence electrons. The number of hydrogen-bond donors (Lipinski definition) is 3. The number of aliphatic hydroxyl groups is 1. The van der Waals surface area contributed by atoms with Gasteiger partial charge in [-0.2, -0.15) is 13.5 Å². The summed E-state index contributed by atoms with van der Waals surface area (Å²) in [6.07, 6.45) is 4.80. The highest BCUT2D eigenvalue weighted by atomic mass is 32.1. The smallest absolute Gasteiger partial charge is 0.251 e. The minimum absolute atomic E-state index is 0. The number of anilines is 1. The average molecular weight is 493 g/mol. The molecule has 0 spiro atoms. The fourth-order valence-corrected chi connectivity index (χ4v) is 3.82. The molecule has 0 saturated heterocycles. The van der Waals surface area contributed by atoms with Crippen LogP contribution in [0.3, 0.4) is 0 Å². The SMILES string of the molecule is CNC(=O)c1ccnc2c([C@H](C)CNc3cc(-c4cnc(CO)c(OC)c4)ncn3)cccc12.S. The number of hydrogen-bond acceptors (Lipinski definition) is 8. The largest absolute Gasteiger partial charge is 0.495 e. The van der Waals surface area contributed by atoms with E-state index in [1.54, 1.807) is 31.6 Å². The topological polar surface area (TPSA) is 122 Å². The molecule has 0 aliphatic rings. The summed E-state index contributed by atoms with van der Waals surface area (Å²) in [5.41, 5.74) is 4.36. The lowest BCUT2D eigenvalue weighted by molar-refractivity contribution is 0.0964. The molecule has 0 aliphatic carbocycles. The fraction of sp³-hybridized carbons (Fsp3) is 0.240. The average Bonchev–Trinajstić information content (AvgIpc) is 2.90. The molecule has 0 radical (unpaired) electrons. The molecule has 0 bridgehead atoms. The molecule has 1 amide bonds. The third-order valence-electron chi connectivity index (χ3n) is 5.66. The van der Waals surface area contributed by atoms with Crippen molar-refractivity contribution in [3.63, 3.8) is 0 Å². The van der Waals surface area contributed by atoms with Crippen LogP contribution >= 0.6 is 13.5 Å². The predicted molar refractivity (Wildman–Crippen MR) is 140 cm³/mol. The molecule has 3 aromatic heterocycles. The van der Waals surface area contributed by atoms with Crippen molar-refractivity contribution >= 4 is 36.1 Å². The van der Waals surface area contributed by atoms with Crippen molar-refractivity contribution < 1.29 is 14.6 Å². The van der Waals surface area contributed by atoms with Gasteiger partial charge in [-0.1, -0.05) is 25.1 Å². The van der Waals surface area contributed by atoms with E-state index in [4.69, 9.17) is 4.74 Å². The predicted octanol–water partition coefficient (Wildman–Crippen LogP) is 3.28. The van der Waals surface area contributed by atoms with Crippen LogP contribution in [0.25, 0.3) is 22.2 Å². The summed E-state index contributed by atoms with van der Waals surface area (Å²) in [6, 6.07) is 11.2. The van der Waals surface area contributed by atoms with Gasteiger partial charge in [0, 0.05) is 48.9 Å². The fourth-order valence-electron chi connectivity index (χ4n) is 3.82. The summed E-state index contributed by atoms with van der Waals surface area (Å²) in [6.45, 7) is 2.50. The number of aromatic nitrogens is 4. The van der Waals surface area contributed by atoms with Gasteiger partial charge in [0.25, 0.3) is 5.91 Å². The highest BCUT2D eigenvalue weighted by molar-refractivity contribution is 7.59. The van der Waals surface area contributed by atoms with E-state index >= 15 is 0 Å². The molecule has 4 aromatic rings. The van der Waals surface area contributed by atoms with Crippen LogP contribution in [-0.4, -0.2) is 51.7 Å². The highest BCUT2D eigenvalue weighted by Crippen LogP contribution is 2.28. The van der Waals surface area contributed by atoms with Crippen LogP contribution in [0.2, 0.25) is 0 Å². The molecule has 1 aromatic carbocycles. The Hall–Kier alpha value is -3.76. The first-order valence-electron chi connectivity index (χ1n) is 10.9. The van der Waals surface area contributed by atoms with Gasteiger partial charge in [-0.05, 0) is 17.7 Å². The van der Waals surface area contributed by atoms with Gasteiger partial charge in [-0.25, -0.2) is 9.97 Å². The maximum atomic E-state index is 12.3. The molecular weight excluding hydrogens is 464 g/mol. The Balaban J connectivity index is 0.00000342. The zero-order valence-corrected chi connectivity index (χ0v) is 20.7. The van der Waals surface area contributed by atoms with Gasteiger partial charge in [0.1, 0.15) is 23.6 Å². The molecule has 35 heavy (non-hydrogen) atoms. The van der Waals surface area contributed by atoms with Crippen molar-refractivity contribution in [1.29, 1.82) is 0 Å². The van der Waals surface area contributed by atoms with E-state index < -0.39 is 0 Å². The number of fused-ring (bicyclic) bond motifs is 1. The lowest BCUT2D eigenvalue weighted by Crippen LogP contribution is -2.18. The van der Waals surface area contributed by atoms with E-state index in [1.807, 2.05) is 24.3 Å². The van der Waals surface area contributed by atoms with Crippen LogP contribution in [0.1, 0.15) is 34.5 Å². The van der Waals surface area contributed by atoms with Gasteiger partial charge in [-0.15, -0.1) is 0 Å². The number of nitrogens with zero attached hydrogens (tertiary/aromatic N) is 4. The van der Waals surface area contributed by atoms with Gasteiger partial charge < -0.3 is 20.5 Å². The summed E-state index contributed by atoms with van der Waals surface area (Å²) >= 11 is 0. The Morgan fingerprint density at radius 3 is 2.71 bits per heavy atom. The molecule has 9 nitrogen and oxygen atoms in total. The maximum Gasteiger partial charge on any atom is 0.251 e. The maximum absolute atomic E-state index is 12.3.